The number of H-pyrrole nitrogens is 1. The first-order chi connectivity index (χ1) is 15.2. The van der Waals surface area contributed by atoms with Crippen LogP contribution in [0.2, 0.25) is 0 Å². The lowest BCUT2D eigenvalue weighted by Gasteiger charge is -2.19. The predicted octanol–water partition coefficient (Wildman–Crippen LogP) is 5.34. The first-order valence-electron chi connectivity index (χ1n) is 9.86. The highest BCUT2D eigenvalue weighted by Gasteiger charge is 2.25. The van der Waals surface area contributed by atoms with Crippen molar-refractivity contribution in [1.82, 2.24) is 15.0 Å². The minimum atomic E-state index is -0.114. The second-order valence-electron chi connectivity index (χ2n) is 7.26. The second kappa shape index (κ2) is 7.85. The normalized spacial score (nSPS) is 11.2. The van der Waals surface area contributed by atoms with Gasteiger partial charge in [-0.25, -0.2) is 4.98 Å². The molecule has 5 aromatic rings. The summed E-state index contributed by atoms with van der Waals surface area (Å²) in [5, 5.41) is 1.51. The summed E-state index contributed by atoms with van der Waals surface area (Å²) in [4.78, 5) is 27.7. The van der Waals surface area contributed by atoms with Crippen LogP contribution in [0.25, 0.3) is 21.1 Å². The van der Waals surface area contributed by atoms with Gasteiger partial charge in [-0.15, -0.1) is 0 Å². The molecule has 5 rings (SSSR count). The zero-order valence-electron chi connectivity index (χ0n) is 17.1. The Hall–Kier alpha value is -3.71. The highest BCUT2D eigenvalue weighted by Crippen LogP contribution is 2.37. The summed E-state index contributed by atoms with van der Waals surface area (Å²) in [5.41, 5.74) is 4.33. The van der Waals surface area contributed by atoms with Gasteiger partial charge in [-0.2, -0.15) is 0 Å². The number of thiazole rings is 1. The van der Waals surface area contributed by atoms with Gasteiger partial charge in [-0.3, -0.25) is 14.7 Å². The molecule has 3 heterocycles. The molecule has 0 saturated carbocycles. The van der Waals surface area contributed by atoms with Gasteiger partial charge in [0.1, 0.15) is 11.3 Å². The van der Waals surface area contributed by atoms with Crippen LogP contribution in [0.3, 0.4) is 0 Å². The monoisotopic (exact) mass is 428 g/mol. The van der Waals surface area contributed by atoms with E-state index in [-0.39, 0.29) is 5.91 Å². The molecule has 7 heteroatoms. The van der Waals surface area contributed by atoms with Crippen molar-refractivity contribution in [2.45, 2.75) is 13.5 Å². The number of ether oxygens (including phenoxy) is 1. The molecule has 0 atom stereocenters. The zero-order valence-corrected chi connectivity index (χ0v) is 17.9. The summed E-state index contributed by atoms with van der Waals surface area (Å²) in [6, 6.07) is 15.5. The topological polar surface area (TPSA) is 71.1 Å². The fourth-order valence-corrected chi connectivity index (χ4v) is 4.72. The van der Waals surface area contributed by atoms with Crippen LogP contribution in [0.5, 0.6) is 5.75 Å². The summed E-state index contributed by atoms with van der Waals surface area (Å²) in [6.45, 7) is 2.41. The van der Waals surface area contributed by atoms with Gasteiger partial charge in [0.15, 0.2) is 5.13 Å². The summed E-state index contributed by atoms with van der Waals surface area (Å²) < 4.78 is 6.52. The smallest absolute Gasteiger partial charge is 0.262 e. The van der Waals surface area contributed by atoms with Gasteiger partial charge in [0.25, 0.3) is 5.91 Å². The van der Waals surface area contributed by atoms with E-state index in [1.165, 1.54) is 11.3 Å². The van der Waals surface area contributed by atoms with Crippen molar-refractivity contribution in [2.75, 3.05) is 12.0 Å². The maximum atomic E-state index is 13.8. The molecule has 3 aromatic heterocycles. The SMILES string of the molecule is COc1ccc(C)c2sc(N(Cc3cccnc3)C(=O)c3c[nH]c4ccccc34)nc12. The van der Waals surface area contributed by atoms with Gasteiger partial charge in [-0.1, -0.05) is 41.7 Å². The molecular weight excluding hydrogens is 408 g/mol. The van der Waals surface area contributed by atoms with Crippen molar-refractivity contribution in [3.05, 3.63) is 83.8 Å². The van der Waals surface area contributed by atoms with Gasteiger partial charge in [-0.05, 0) is 36.2 Å². The molecular formula is C24H20N4O2S. The predicted molar refractivity (Wildman–Crippen MR) is 124 cm³/mol. The van der Waals surface area contributed by atoms with E-state index in [1.54, 1.807) is 30.6 Å². The maximum Gasteiger partial charge on any atom is 0.262 e. The van der Waals surface area contributed by atoms with E-state index in [2.05, 4.69) is 9.97 Å². The number of hydrogen-bond donors (Lipinski definition) is 1. The van der Waals surface area contributed by atoms with Crippen molar-refractivity contribution in [3.63, 3.8) is 0 Å². The first-order valence-corrected chi connectivity index (χ1v) is 10.7. The summed E-state index contributed by atoms with van der Waals surface area (Å²) in [5.74, 6) is 0.584. The van der Waals surface area contributed by atoms with E-state index in [0.717, 1.165) is 32.2 Å². The number of para-hydroxylation sites is 1. The number of aromatic amines is 1. The third kappa shape index (κ3) is 3.43. The number of benzene rings is 2. The highest BCUT2D eigenvalue weighted by atomic mass is 32.1. The number of fused-ring (bicyclic) bond motifs is 2. The van der Waals surface area contributed by atoms with Crippen molar-refractivity contribution < 1.29 is 9.53 Å². The van der Waals surface area contributed by atoms with E-state index in [1.807, 2.05) is 55.5 Å². The lowest BCUT2D eigenvalue weighted by atomic mass is 10.1. The van der Waals surface area contributed by atoms with Crippen molar-refractivity contribution in [1.29, 1.82) is 0 Å². The van der Waals surface area contributed by atoms with Crippen molar-refractivity contribution in [2.24, 2.45) is 0 Å². The third-order valence-corrected chi connectivity index (χ3v) is 6.48. The van der Waals surface area contributed by atoms with Gasteiger partial charge in [0, 0.05) is 29.5 Å². The van der Waals surface area contributed by atoms with Crippen LogP contribution in [0.15, 0.2) is 67.1 Å². The number of carbonyl (C=O) groups is 1. The number of aryl methyl sites for hydroxylation is 1. The lowest BCUT2D eigenvalue weighted by molar-refractivity contribution is 0.0986. The van der Waals surface area contributed by atoms with Crippen molar-refractivity contribution >= 4 is 43.5 Å². The number of rotatable bonds is 5. The molecule has 0 unspecified atom stereocenters. The molecule has 0 aliphatic carbocycles. The van der Waals surface area contributed by atoms with Crippen LogP contribution >= 0.6 is 11.3 Å². The Morgan fingerprint density at radius 1 is 1.16 bits per heavy atom. The van der Waals surface area contributed by atoms with Crippen molar-refractivity contribution in [3.8, 4) is 5.75 Å². The number of carbonyl (C=O) groups excluding carboxylic acids is 1. The van der Waals surface area contributed by atoms with Gasteiger partial charge < -0.3 is 9.72 Å². The van der Waals surface area contributed by atoms with Crippen LogP contribution in [0, 0.1) is 6.92 Å². The fraction of sp³-hybridized carbons (Fsp3) is 0.125. The lowest BCUT2D eigenvalue weighted by Crippen LogP contribution is -2.30. The van der Waals surface area contributed by atoms with E-state index in [0.29, 0.717) is 23.0 Å². The van der Waals surface area contributed by atoms with E-state index >= 15 is 0 Å². The Labute approximate surface area is 183 Å². The Morgan fingerprint density at radius 2 is 2.03 bits per heavy atom. The number of pyridine rings is 1. The third-order valence-electron chi connectivity index (χ3n) is 5.27. The van der Waals surface area contributed by atoms with Gasteiger partial charge in [0.05, 0.1) is 23.9 Å². The quantitative estimate of drug-likeness (QED) is 0.410. The minimum absolute atomic E-state index is 0.114. The molecule has 0 saturated heterocycles. The largest absolute Gasteiger partial charge is 0.494 e. The maximum absolute atomic E-state index is 13.8. The number of methoxy groups -OCH3 is 1. The first kappa shape index (κ1) is 19.3. The molecule has 1 amide bonds. The Morgan fingerprint density at radius 3 is 2.84 bits per heavy atom. The average Bonchev–Trinajstić information content (AvgIpc) is 3.43. The fourth-order valence-electron chi connectivity index (χ4n) is 3.67. The molecule has 0 fully saturated rings. The summed E-state index contributed by atoms with van der Waals surface area (Å²) in [7, 11) is 1.63. The molecule has 0 aliphatic rings. The number of anilines is 1. The van der Waals surface area contributed by atoms with E-state index in [9.17, 15) is 4.79 Å². The van der Waals surface area contributed by atoms with E-state index in [4.69, 9.17) is 9.72 Å². The second-order valence-corrected chi connectivity index (χ2v) is 8.24. The molecule has 0 radical (unpaired) electrons. The average molecular weight is 429 g/mol. The molecule has 31 heavy (non-hydrogen) atoms. The standard InChI is InChI=1S/C24H20N4O2S/c1-15-9-10-20(30-2)21-22(15)31-24(27-21)28(14-16-6-5-11-25-12-16)23(29)18-13-26-19-8-4-3-7-17(18)19/h3-13,26H,14H2,1-2H3. The Kier molecular flexibility index (Phi) is 4.88. The minimum Gasteiger partial charge on any atom is -0.494 e. The zero-order chi connectivity index (χ0) is 21.4. The van der Waals surface area contributed by atoms with Crippen LogP contribution in [-0.4, -0.2) is 28.0 Å². The van der Waals surface area contributed by atoms with Gasteiger partial charge >= 0.3 is 0 Å². The number of aromatic nitrogens is 3. The van der Waals surface area contributed by atoms with Crippen LogP contribution in [0.1, 0.15) is 21.5 Å². The molecule has 6 nitrogen and oxygen atoms in total. The number of amides is 1. The van der Waals surface area contributed by atoms with Crippen LogP contribution in [0.4, 0.5) is 5.13 Å². The van der Waals surface area contributed by atoms with Crippen LogP contribution in [-0.2, 0) is 6.54 Å². The summed E-state index contributed by atoms with van der Waals surface area (Å²) in [6.07, 6.45) is 5.26. The molecule has 1 N–H and O–H groups in total. The molecule has 0 aliphatic heterocycles. The highest BCUT2D eigenvalue weighted by molar-refractivity contribution is 7.22. The number of nitrogens with zero attached hydrogens (tertiary/aromatic N) is 3. The molecule has 2 aromatic carbocycles. The summed E-state index contributed by atoms with van der Waals surface area (Å²) >= 11 is 1.50. The molecule has 0 bridgehead atoms. The Balaban J connectivity index is 1.65. The Bertz CT molecular complexity index is 1390. The van der Waals surface area contributed by atoms with Crippen LogP contribution < -0.4 is 9.64 Å². The number of hydrogen-bond acceptors (Lipinski definition) is 5. The molecule has 154 valence electrons. The van der Waals surface area contributed by atoms with Gasteiger partial charge in [0.2, 0.25) is 0 Å². The van der Waals surface area contributed by atoms with E-state index < -0.39 is 0 Å². The molecule has 0 spiro atoms. The number of nitrogens with one attached hydrogen (secondary N) is 1.